The highest BCUT2D eigenvalue weighted by molar-refractivity contribution is 5.73. The first-order valence-corrected chi connectivity index (χ1v) is 7.80. The summed E-state index contributed by atoms with van der Waals surface area (Å²) < 4.78 is 11.6. The maximum absolute atomic E-state index is 9.45. The number of hydrogen-bond donors (Lipinski definition) is 1. The zero-order valence-corrected chi connectivity index (χ0v) is 13.1. The minimum Gasteiger partial charge on any atom is -0.508 e. The van der Waals surface area contributed by atoms with Crippen molar-refractivity contribution in [3.05, 3.63) is 60.3 Å². The average Bonchev–Trinajstić information content (AvgIpc) is 2.62. The second kappa shape index (κ2) is 5.94. The maximum atomic E-state index is 9.45. The molecule has 2 heterocycles. The highest BCUT2D eigenvalue weighted by Gasteiger charge is 2.28. The third kappa shape index (κ3) is 2.49. The highest BCUT2D eigenvalue weighted by atomic mass is 16.7. The van der Waals surface area contributed by atoms with Crippen LogP contribution in [0.25, 0.3) is 22.6 Å². The Morgan fingerprint density at radius 3 is 2.71 bits per heavy atom. The lowest BCUT2D eigenvalue weighted by Gasteiger charge is -2.27. The van der Waals surface area contributed by atoms with E-state index in [2.05, 4.69) is 4.98 Å². The van der Waals surface area contributed by atoms with E-state index in [1.165, 1.54) is 0 Å². The lowest BCUT2D eigenvalue weighted by atomic mass is 10.0. The third-order valence-electron chi connectivity index (χ3n) is 3.89. The molecule has 2 aromatic carbocycles. The first-order valence-electron chi connectivity index (χ1n) is 7.80. The zero-order valence-electron chi connectivity index (χ0n) is 13.1. The number of rotatable bonds is 3. The van der Waals surface area contributed by atoms with Crippen LogP contribution in [0.5, 0.6) is 11.5 Å². The number of benzene rings is 2. The lowest BCUT2D eigenvalue weighted by Crippen LogP contribution is -2.18. The van der Waals surface area contributed by atoms with Crippen molar-refractivity contribution in [2.75, 3.05) is 6.61 Å². The van der Waals surface area contributed by atoms with Gasteiger partial charge in [0.1, 0.15) is 11.5 Å². The summed E-state index contributed by atoms with van der Waals surface area (Å²) >= 11 is 0. The first kappa shape index (κ1) is 14.7. The Kier molecular flexibility index (Phi) is 3.63. The Morgan fingerprint density at radius 1 is 1.12 bits per heavy atom. The molecular formula is C19H16N2O3. The van der Waals surface area contributed by atoms with Crippen LogP contribution >= 0.6 is 0 Å². The number of fused-ring (bicyclic) bond motifs is 3. The van der Waals surface area contributed by atoms with E-state index in [0.29, 0.717) is 12.4 Å². The minimum atomic E-state index is -0.506. The molecule has 1 atom stereocenters. The number of ether oxygens (including phenoxy) is 2. The molecule has 24 heavy (non-hydrogen) atoms. The second-order valence-electron chi connectivity index (χ2n) is 5.45. The number of phenolic OH excluding ortho intramolecular Hbond substituents is 1. The molecule has 0 saturated heterocycles. The SMILES string of the molecule is CCOC1Oc2ccccc2-c2nc(-c3ccc(O)cc3)ncc21. The van der Waals surface area contributed by atoms with Crippen LogP contribution in [0.4, 0.5) is 0 Å². The highest BCUT2D eigenvalue weighted by Crippen LogP contribution is 2.41. The summed E-state index contributed by atoms with van der Waals surface area (Å²) in [6.07, 6.45) is 1.25. The molecule has 1 unspecified atom stereocenters. The number of aromatic nitrogens is 2. The summed E-state index contributed by atoms with van der Waals surface area (Å²) in [5, 5.41) is 9.45. The van der Waals surface area contributed by atoms with Gasteiger partial charge in [-0.1, -0.05) is 12.1 Å². The summed E-state index contributed by atoms with van der Waals surface area (Å²) in [5.74, 6) is 1.56. The molecule has 1 aromatic heterocycles. The Balaban J connectivity index is 1.85. The van der Waals surface area contributed by atoms with Gasteiger partial charge in [-0.3, -0.25) is 0 Å². The third-order valence-corrected chi connectivity index (χ3v) is 3.89. The van der Waals surface area contributed by atoms with Gasteiger partial charge in [0.05, 0.1) is 11.3 Å². The van der Waals surface area contributed by atoms with Crippen LogP contribution in [0.3, 0.4) is 0 Å². The van der Waals surface area contributed by atoms with Gasteiger partial charge < -0.3 is 14.6 Å². The van der Waals surface area contributed by atoms with Crippen molar-refractivity contribution < 1.29 is 14.6 Å². The summed E-state index contributed by atoms with van der Waals surface area (Å²) in [7, 11) is 0. The molecule has 1 aliphatic rings. The van der Waals surface area contributed by atoms with Crippen LogP contribution in [0.15, 0.2) is 54.7 Å². The fourth-order valence-corrected chi connectivity index (χ4v) is 2.75. The summed E-state index contributed by atoms with van der Waals surface area (Å²) in [6.45, 7) is 2.46. The molecular weight excluding hydrogens is 304 g/mol. The Hall–Kier alpha value is -2.92. The molecule has 0 spiro atoms. The zero-order chi connectivity index (χ0) is 16.5. The number of hydrogen-bond acceptors (Lipinski definition) is 5. The van der Waals surface area contributed by atoms with E-state index in [4.69, 9.17) is 14.5 Å². The predicted octanol–water partition coefficient (Wildman–Crippen LogP) is 3.94. The summed E-state index contributed by atoms with van der Waals surface area (Å²) in [5.41, 5.74) is 3.39. The van der Waals surface area contributed by atoms with Crippen molar-refractivity contribution in [3.8, 4) is 34.1 Å². The second-order valence-corrected chi connectivity index (χ2v) is 5.45. The van der Waals surface area contributed by atoms with Crippen molar-refractivity contribution in [1.82, 2.24) is 9.97 Å². The Labute approximate surface area is 139 Å². The minimum absolute atomic E-state index is 0.215. The molecule has 0 amide bonds. The van der Waals surface area contributed by atoms with E-state index in [9.17, 15) is 5.11 Å². The van der Waals surface area contributed by atoms with Gasteiger partial charge in [-0.15, -0.1) is 0 Å². The van der Waals surface area contributed by atoms with E-state index in [1.807, 2.05) is 31.2 Å². The normalized spacial score (nSPS) is 15.3. The molecule has 0 bridgehead atoms. The van der Waals surface area contributed by atoms with Crippen molar-refractivity contribution in [3.63, 3.8) is 0 Å². The molecule has 1 N–H and O–H groups in total. The van der Waals surface area contributed by atoms with Gasteiger partial charge in [0.25, 0.3) is 0 Å². The van der Waals surface area contributed by atoms with Crippen molar-refractivity contribution in [1.29, 1.82) is 0 Å². The van der Waals surface area contributed by atoms with Crippen LogP contribution in [0, 0.1) is 0 Å². The van der Waals surface area contributed by atoms with Crippen molar-refractivity contribution in [2.45, 2.75) is 13.2 Å². The van der Waals surface area contributed by atoms with Gasteiger partial charge in [-0.2, -0.15) is 0 Å². The van der Waals surface area contributed by atoms with Gasteiger partial charge in [0.15, 0.2) is 5.82 Å². The van der Waals surface area contributed by atoms with E-state index in [0.717, 1.165) is 28.1 Å². The summed E-state index contributed by atoms with van der Waals surface area (Å²) in [4.78, 5) is 9.18. The Morgan fingerprint density at radius 2 is 1.92 bits per heavy atom. The number of para-hydroxylation sites is 1. The molecule has 120 valence electrons. The number of nitrogens with zero attached hydrogens (tertiary/aromatic N) is 2. The fourth-order valence-electron chi connectivity index (χ4n) is 2.75. The lowest BCUT2D eigenvalue weighted by molar-refractivity contribution is -0.0805. The molecule has 0 aliphatic carbocycles. The van der Waals surface area contributed by atoms with Gasteiger partial charge in [0.2, 0.25) is 6.29 Å². The molecule has 5 heteroatoms. The average molecular weight is 320 g/mol. The van der Waals surface area contributed by atoms with Crippen LogP contribution in [0.2, 0.25) is 0 Å². The molecule has 3 aromatic rings. The van der Waals surface area contributed by atoms with E-state index in [-0.39, 0.29) is 5.75 Å². The number of phenols is 1. The van der Waals surface area contributed by atoms with E-state index >= 15 is 0 Å². The molecule has 0 radical (unpaired) electrons. The standard InChI is InChI=1S/C19H16N2O3/c1-2-23-19-15-11-20-18(12-7-9-13(22)10-8-12)21-17(15)14-5-3-4-6-16(14)24-19/h3-11,19,22H,2H2,1H3. The van der Waals surface area contributed by atoms with Crippen molar-refractivity contribution in [2.24, 2.45) is 0 Å². The van der Waals surface area contributed by atoms with Crippen LogP contribution < -0.4 is 4.74 Å². The van der Waals surface area contributed by atoms with Crippen LogP contribution in [0.1, 0.15) is 18.8 Å². The maximum Gasteiger partial charge on any atom is 0.230 e. The largest absolute Gasteiger partial charge is 0.508 e. The molecule has 0 fully saturated rings. The molecule has 4 rings (SSSR count). The van der Waals surface area contributed by atoms with Crippen molar-refractivity contribution >= 4 is 0 Å². The molecule has 1 aliphatic heterocycles. The number of aromatic hydroxyl groups is 1. The van der Waals surface area contributed by atoms with Gasteiger partial charge >= 0.3 is 0 Å². The van der Waals surface area contributed by atoms with Gasteiger partial charge in [-0.25, -0.2) is 9.97 Å². The quantitative estimate of drug-likeness (QED) is 0.792. The predicted molar refractivity (Wildman–Crippen MR) is 89.6 cm³/mol. The van der Waals surface area contributed by atoms with E-state index < -0.39 is 6.29 Å². The van der Waals surface area contributed by atoms with E-state index in [1.54, 1.807) is 30.5 Å². The smallest absolute Gasteiger partial charge is 0.230 e. The first-order chi connectivity index (χ1) is 11.8. The fraction of sp³-hybridized carbons (Fsp3) is 0.158. The molecule has 5 nitrogen and oxygen atoms in total. The summed E-state index contributed by atoms with van der Waals surface area (Å²) in [6, 6.07) is 14.6. The van der Waals surface area contributed by atoms with Gasteiger partial charge in [0, 0.05) is 23.9 Å². The van der Waals surface area contributed by atoms with Crippen LogP contribution in [-0.2, 0) is 4.74 Å². The van der Waals surface area contributed by atoms with Crippen LogP contribution in [-0.4, -0.2) is 21.7 Å². The molecule has 0 saturated carbocycles. The topological polar surface area (TPSA) is 64.5 Å². The monoisotopic (exact) mass is 320 g/mol. The van der Waals surface area contributed by atoms with Gasteiger partial charge in [-0.05, 0) is 43.3 Å². The Bertz CT molecular complexity index is 878.